The maximum atomic E-state index is 11.5. The highest BCUT2D eigenvalue weighted by Crippen LogP contribution is 2.14. The lowest BCUT2D eigenvalue weighted by atomic mass is 10.3. The molecule has 98 valence electrons. The predicted molar refractivity (Wildman–Crippen MR) is 72.2 cm³/mol. The highest BCUT2D eigenvalue weighted by Gasteiger charge is 2.02. The zero-order valence-corrected chi connectivity index (χ0v) is 10.4. The van der Waals surface area contributed by atoms with Crippen LogP contribution in [-0.4, -0.2) is 13.2 Å². The van der Waals surface area contributed by atoms with Crippen molar-refractivity contribution in [1.29, 1.82) is 0 Å². The van der Waals surface area contributed by atoms with Crippen LogP contribution in [-0.2, 0) is 0 Å². The molecule has 0 saturated heterocycles. The summed E-state index contributed by atoms with van der Waals surface area (Å²) in [6.07, 6.45) is -0.581. The third-order valence-electron chi connectivity index (χ3n) is 2.35. The molecule has 0 saturated carbocycles. The molecule has 5 heteroatoms. The number of ether oxygens (including phenoxy) is 2. The van der Waals surface area contributed by atoms with Gasteiger partial charge in [-0.05, 0) is 36.4 Å². The van der Waals surface area contributed by atoms with E-state index in [1.807, 2.05) is 6.07 Å². The highest BCUT2D eigenvalue weighted by molar-refractivity contribution is 5.72. The lowest BCUT2D eigenvalue weighted by Crippen LogP contribution is -2.32. The first-order chi connectivity index (χ1) is 9.28. The average molecular weight is 258 g/mol. The van der Waals surface area contributed by atoms with Gasteiger partial charge in [0.05, 0.1) is 12.8 Å². The molecule has 0 radical (unpaired) electrons. The van der Waals surface area contributed by atoms with Crippen LogP contribution in [0.1, 0.15) is 0 Å². The van der Waals surface area contributed by atoms with Crippen LogP contribution in [0.15, 0.2) is 54.6 Å². The fourth-order valence-electron chi connectivity index (χ4n) is 1.42. The van der Waals surface area contributed by atoms with Crippen molar-refractivity contribution in [3.63, 3.8) is 0 Å². The fourth-order valence-corrected chi connectivity index (χ4v) is 1.42. The van der Waals surface area contributed by atoms with E-state index in [4.69, 9.17) is 9.47 Å². The number of methoxy groups -OCH3 is 1. The normalized spacial score (nSPS) is 9.53. The Morgan fingerprint density at radius 2 is 1.63 bits per heavy atom. The van der Waals surface area contributed by atoms with Crippen LogP contribution in [0.3, 0.4) is 0 Å². The van der Waals surface area contributed by atoms with Crippen LogP contribution in [0, 0.1) is 0 Å². The van der Waals surface area contributed by atoms with E-state index in [2.05, 4.69) is 10.9 Å². The van der Waals surface area contributed by atoms with Crippen molar-refractivity contribution in [3.8, 4) is 11.5 Å². The van der Waals surface area contributed by atoms with Gasteiger partial charge in [-0.15, -0.1) is 0 Å². The Balaban J connectivity index is 1.83. The summed E-state index contributed by atoms with van der Waals surface area (Å²) >= 11 is 0. The van der Waals surface area contributed by atoms with Gasteiger partial charge >= 0.3 is 6.09 Å². The molecule has 2 rings (SSSR count). The smallest absolute Gasteiger partial charge is 0.431 e. The van der Waals surface area contributed by atoms with Gasteiger partial charge in [0.1, 0.15) is 11.5 Å². The zero-order valence-electron chi connectivity index (χ0n) is 10.4. The van der Waals surface area contributed by atoms with Crippen molar-refractivity contribution in [2.24, 2.45) is 0 Å². The summed E-state index contributed by atoms with van der Waals surface area (Å²) in [5, 5.41) is 0. The number of anilines is 1. The molecule has 0 aliphatic rings. The molecule has 19 heavy (non-hydrogen) atoms. The first kappa shape index (κ1) is 12.8. The number of hydrogen-bond donors (Lipinski definition) is 2. The van der Waals surface area contributed by atoms with Crippen LogP contribution in [0.5, 0.6) is 11.5 Å². The Morgan fingerprint density at radius 3 is 2.26 bits per heavy atom. The highest BCUT2D eigenvalue weighted by atomic mass is 16.6. The van der Waals surface area contributed by atoms with Crippen LogP contribution < -0.4 is 20.3 Å². The number of benzene rings is 2. The Morgan fingerprint density at radius 1 is 0.947 bits per heavy atom. The second-order valence-corrected chi connectivity index (χ2v) is 3.68. The molecule has 1 amide bonds. The van der Waals surface area contributed by atoms with E-state index in [-0.39, 0.29) is 0 Å². The van der Waals surface area contributed by atoms with Gasteiger partial charge in [-0.2, -0.15) is 0 Å². The molecular formula is C14H14N2O3. The number of carbonyl (C=O) groups excluding carboxylic acids is 1. The number of hydrogen-bond acceptors (Lipinski definition) is 4. The quantitative estimate of drug-likeness (QED) is 0.828. The molecule has 0 atom stereocenters. The van der Waals surface area contributed by atoms with Gasteiger partial charge in [-0.1, -0.05) is 18.2 Å². The molecule has 2 N–H and O–H groups in total. The van der Waals surface area contributed by atoms with E-state index in [1.165, 1.54) is 0 Å². The number of hydrazine groups is 1. The largest absolute Gasteiger partial charge is 0.497 e. The number of para-hydroxylation sites is 1. The summed E-state index contributed by atoms with van der Waals surface area (Å²) in [6.45, 7) is 0. The van der Waals surface area contributed by atoms with Gasteiger partial charge in [0.2, 0.25) is 0 Å². The molecule has 0 fully saturated rings. The minimum Gasteiger partial charge on any atom is -0.497 e. The zero-order chi connectivity index (χ0) is 13.5. The standard InChI is InChI=1S/C14H14N2O3/c1-18-12-9-7-11(8-10-12)15-16-14(17)19-13-5-3-2-4-6-13/h2-10,15H,1H3,(H,16,17). The number of rotatable bonds is 4. The molecule has 0 heterocycles. The molecule has 0 spiro atoms. The summed E-state index contributed by atoms with van der Waals surface area (Å²) in [5.41, 5.74) is 5.90. The topological polar surface area (TPSA) is 59.6 Å². The predicted octanol–water partition coefficient (Wildman–Crippen LogP) is 2.81. The monoisotopic (exact) mass is 258 g/mol. The van der Waals surface area contributed by atoms with Gasteiger partial charge in [0.15, 0.2) is 0 Å². The van der Waals surface area contributed by atoms with E-state index in [9.17, 15) is 4.79 Å². The maximum absolute atomic E-state index is 11.5. The van der Waals surface area contributed by atoms with Crippen LogP contribution >= 0.6 is 0 Å². The summed E-state index contributed by atoms with van der Waals surface area (Å²) < 4.78 is 10.1. The second-order valence-electron chi connectivity index (χ2n) is 3.68. The molecule has 0 aliphatic heterocycles. The van der Waals surface area contributed by atoms with Gasteiger partial charge < -0.3 is 9.47 Å². The first-order valence-corrected chi connectivity index (χ1v) is 5.71. The van der Waals surface area contributed by atoms with Crippen LogP contribution in [0.2, 0.25) is 0 Å². The van der Waals surface area contributed by atoms with E-state index < -0.39 is 6.09 Å². The third kappa shape index (κ3) is 3.92. The fraction of sp³-hybridized carbons (Fsp3) is 0.0714. The molecule has 0 bridgehead atoms. The minimum absolute atomic E-state index is 0.483. The van der Waals surface area contributed by atoms with Gasteiger partial charge in [0.25, 0.3) is 0 Å². The van der Waals surface area contributed by atoms with Crippen molar-refractivity contribution < 1.29 is 14.3 Å². The summed E-state index contributed by atoms with van der Waals surface area (Å²) in [7, 11) is 1.60. The van der Waals surface area contributed by atoms with Gasteiger partial charge in [-0.25, -0.2) is 10.2 Å². The molecule has 0 aliphatic carbocycles. The Labute approximate surface area is 111 Å². The van der Waals surface area contributed by atoms with Crippen LogP contribution in [0.25, 0.3) is 0 Å². The molecular weight excluding hydrogens is 244 g/mol. The summed E-state index contributed by atoms with van der Waals surface area (Å²) in [4.78, 5) is 11.5. The Kier molecular flexibility index (Phi) is 4.23. The van der Waals surface area contributed by atoms with Crippen molar-refractivity contribution in [2.75, 3.05) is 12.5 Å². The molecule has 5 nitrogen and oxygen atoms in total. The SMILES string of the molecule is COc1ccc(NNC(=O)Oc2ccccc2)cc1. The number of carbonyl (C=O) groups is 1. The average Bonchev–Trinajstić information content (AvgIpc) is 2.47. The van der Waals surface area contributed by atoms with Crippen molar-refractivity contribution in [2.45, 2.75) is 0 Å². The number of nitrogens with one attached hydrogen (secondary N) is 2. The van der Waals surface area contributed by atoms with Gasteiger partial charge in [-0.3, -0.25) is 5.43 Å². The van der Waals surface area contributed by atoms with E-state index in [1.54, 1.807) is 55.6 Å². The molecule has 0 aromatic heterocycles. The van der Waals surface area contributed by atoms with Crippen molar-refractivity contribution >= 4 is 11.8 Å². The molecule has 2 aromatic rings. The molecule has 0 unspecified atom stereocenters. The van der Waals surface area contributed by atoms with E-state index in [0.29, 0.717) is 5.75 Å². The Hall–Kier alpha value is -2.69. The van der Waals surface area contributed by atoms with Crippen molar-refractivity contribution in [3.05, 3.63) is 54.6 Å². The minimum atomic E-state index is -0.581. The second kappa shape index (κ2) is 6.30. The first-order valence-electron chi connectivity index (χ1n) is 5.71. The summed E-state index contributed by atoms with van der Waals surface area (Å²) in [6, 6.07) is 16.0. The van der Waals surface area contributed by atoms with Crippen molar-refractivity contribution in [1.82, 2.24) is 5.43 Å². The lowest BCUT2D eigenvalue weighted by molar-refractivity contribution is 0.203. The molecule has 2 aromatic carbocycles. The lowest BCUT2D eigenvalue weighted by Gasteiger charge is -2.09. The summed E-state index contributed by atoms with van der Waals surface area (Å²) in [5.74, 6) is 1.23. The van der Waals surface area contributed by atoms with E-state index in [0.717, 1.165) is 11.4 Å². The Bertz CT molecular complexity index is 526. The van der Waals surface area contributed by atoms with E-state index >= 15 is 0 Å². The van der Waals surface area contributed by atoms with Crippen LogP contribution in [0.4, 0.5) is 10.5 Å². The maximum Gasteiger partial charge on any atom is 0.431 e. The van der Waals surface area contributed by atoms with Gasteiger partial charge in [0, 0.05) is 0 Å². The third-order valence-corrected chi connectivity index (χ3v) is 2.35. The number of amides is 1.